The van der Waals surface area contributed by atoms with Crippen LogP contribution >= 0.6 is 0 Å². The summed E-state index contributed by atoms with van der Waals surface area (Å²) in [6, 6.07) is 7.58. The fourth-order valence-electron chi connectivity index (χ4n) is 3.93. The summed E-state index contributed by atoms with van der Waals surface area (Å²) in [6.07, 6.45) is 2.11. The van der Waals surface area contributed by atoms with Crippen molar-refractivity contribution >= 4 is 18.4 Å². The van der Waals surface area contributed by atoms with Crippen LogP contribution in [0, 0.1) is 11.8 Å². The number of ether oxygens (including phenoxy) is 1. The molecule has 28 heavy (non-hydrogen) atoms. The average Bonchev–Trinajstić information content (AvgIpc) is 2.68. The number of unbranched alkanes of at least 4 members (excludes halogenated alkanes) is 3. The molecule has 0 amide bonds. The van der Waals surface area contributed by atoms with E-state index in [4.69, 9.17) is 4.74 Å². The Morgan fingerprint density at radius 3 is 1.71 bits per heavy atom. The summed E-state index contributed by atoms with van der Waals surface area (Å²) in [5.41, 5.74) is 0.955. The van der Waals surface area contributed by atoms with E-state index in [2.05, 4.69) is 26.7 Å². The van der Waals surface area contributed by atoms with Crippen LogP contribution in [0.3, 0.4) is 0 Å². The number of benzene rings is 1. The zero-order chi connectivity index (χ0) is 21.0. The molecule has 1 aromatic rings. The molecule has 0 bridgehead atoms. The maximum atomic E-state index is 13.0. The molecule has 0 fully saturated rings. The van der Waals surface area contributed by atoms with Crippen molar-refractivity contribution in [1.82, 2.24) is 0 Å². The molecule has 158 valence electrons. The van der Waals surface area contributed by atoms with Crippen LogP contribution in [0.5, 0.6) is 5.75 Å². The van der Waals surface area contributed by atoms with Gasteiger partial charge in [0.15, 0.2) is 0 Å². The quantitative estimate of drug-likeness (QED) is 0.210. The molecule has 0 radical (unpaired) electrons. The first kappa shape index (κ1) is 25.2. The third kappa shape index (κ3) is 8.27. The van der Waals surface area contributed by atoms with Gasteiger partial charge in [-0.05, 0) is 0 Å². The molecule has 0 saturated carbocycles. The molecular formula is C23H35F3OSn. The van der Waals surface area contributed by atoms with Gasteiger partial charge in [-0.25, -0.2) is 0 Å². The van der Waals surface area contributed by atoms with Gasteiger partial charge in [0.1, 0.15) is 0 Å². The Balaban J connectivity index is 3.48. The van der Waals surface area contributed by atoms with E-state index in [9.17, 15) is 13.2 Å². The predicted octanol–water partition coefficient (Wildman–Crippen LogP) is 7.73. The first-order valence-corrected chi connectivity index (χ1v) is 18.3. The monoisotopic (exact) mass is 504 g/mol. The molecule has 1 nitrogen and oxygen atoms in total. The molecule has 0 heterocycles. The maximum absolute atomic E-state index is 13.0. The van der Waals surface area contributed by atoms with Gasteiger partial charge in [0.2, 0.25) is 0 Å². The van der Waals surface area contributed by atoms with Gasteiger partial charge < -0.3 is 0 Å². The third-order valence-electron chi connectivity index (χ3n) is 5.50. The van der Waals surface area contributed by atoms with Gasteiger partial charge in [-0.3, -0.25) is 0 Å². The van der Waals surface area contributed by atoms with Crippen molar-refractivity contribution < 1.29 is 17.9 Å². The summed E-state index contributed by atoms with van der Waals surface area (Å²) < 4.78 is 47.5. The molecule has 1 rings (SSSR count). The van der Waals surface area contributed by atoms with Crippen molar-refractivity contribution in [2.45, 2.75) is 82.7 Å². The summed E-state index contributed by atoms with van der Waals surface area (Å²) in [5, 5.41) is 0. The van der Waals surface area contributed by atoms with Crippen LogP contribution in [0.1, 0.15) is 68.8 Å². The van der Waals surface area contributed by atoms with Gasteiger partial charge in [0.05, 0.1) is 0 Å². The van der Waals surface area contributed by atoms with Crippen molar-refractivity contribution in [2.75, 3.05) is 7.11 Å². The SMILES string of the molecule is CCC[CH2][Sn]([CH2]CCC)([CH2]CCC)[CH](C#CC(F)(F)F)c1ccc(OC)cc1. The number of hydrogen-bond acceptors (Lipinski definition) is 1. The molecule has 0 aliphatic carbocycles. The fourth-order valence-corrected chi connectivity index (χ4v) is 21.3. The molecule has 0 N–H and O–H groups in total. The molecule has 1 atom stereocenters. The first-order chi connectivity index (χ1) is 13.3. The number of methoxy groups -OCH3 is 1. The van der Waals surface area contributed by atoms with Crippen molar-refractivity contribution in [3.63, 3.8) is 0 Å². The molecule has 0 aromatic heterocycles. The topological polar surface area (TPSA) is 9.23 Å². The van der Waals surface area contributed by atoms with E-state index in [0.29, 0.717) is 0 Å². The van der Waals surface area contributed by atoms with Crippen molar-refractivity contribution in [1.29, 1.82) is 0 Å². The molecule has 0 aliphatic rings. The Bertz CT molecular complexity index is 592. The second kappa shape index (κ2) is 12.7. The van der Waals surface area contributed by atoms with Gasteiger partial charge in [-0.2, -0.15) is 0 Å². The Kier molecular flexibility index (Phi) is 11.4. The summed E-state index contributed by atoms with van der Waals surface area (Å²) >= 11 is -3.01. The third-order valence-corrected chi connectivity index (χ3v) is 21.9. The minimum absolute atomic E-state index is 0.216. The van der Waals surface area contributed by atoms with Crippen LogP contribution in [-0.4, -0.2) is 31.7 Å². The summed E-state index contributed by atoms with van der Waals surface area (Å²) in [6.45, 7) is 6.50. The molecule has 5 heteroatoms. The van der Waals surface area contributed by atoms with Crippen LogP contribution in [0.15, 0.2) is 24.3 Å². The zero-order valence-corrected chi connectivity index (χ0v) is 20.6. The van der Waals surface area contributed by atoms with Crippen molar-refractivity contribution in [3.8, 4) is 17.6 Å². The van der Waals surface area contributed by atoms with Gasteiger partial charge in [-0.1, -0.05) is 0 Å². The molecule has 1 aromatic carbocycles. The Labute approximate surface area is 173 Å². The van der Waals surface area contributed by atoms with Crippen LogP contribution < -0.4 is 4.74 Å². The van der Waals surface area contributed by atoms with E-state index in [1.807, 2.05) is 24.3 Å². The van der Waals surface area contributed by atoms with E-state index >= 15 is 0 Å². The average molecular weight is 503 g/mol. The van der Waals surface area contributed by atoms with Gasteiger partial charge in [0, 0.05) is 0 Å². The van der Waals surface area contributed by atoms with Crippen LogP contribution in [0.4, 0.5) is 13.2 Å². The first-order valence-electron chi connectivity index (χ1n) is 10.5. The van der Waals surface area contributed by atoms with Gasteiger partial charge in [-0.15, -0.1) is 0 Å². The Morgan fingerprint density at radius 1 is 0.893 bits per heavy atom. The summed E-state index contributed by atoms with van der Waals surface area (Å²) in [7, 11) is 1.60. The molecular weight excluding hydrogens is 468 g/mol. The van der Waals surface area contributed by atoms with E-state index in [1.165, 1.54) is 0 Å². The van der Waals surface area contributed by atoms with Gasteiger partial charge in [0.25, 0.3) is 0 Å². The van der Waals surface area contributed by atoms with Crippen molar-refractivity contribution in [2.24, 2.45) is 0 Å². The van der Waals surface area contributed by atoms with Crippen LogP contribution in [0.25, 0.3) is 0 Å². The normalized spacial score (nSPS) is 13.0. The standard InChI is InChI=1S/C11H8F3O.3C4H9.Sn/c1-15-10-6-4-9(5-7-10)3-2-8-11(12,13)14;3*1-3-4-2;/h3-7H,1H3;3*1,3-4H2,2H3;. The van der Waals surface area contributed by atoms with E-state index < -0.39 is 24.6 Å². The molecule has 0 spiro atoms. The number of halogens is 3. The van der Waals surface area contributed by atoms with E-state index in [1.54, 1.807) is 13.0 Å². The predicted molar refractivity (Wildman–Crippen MR) is 114 cm³/mol. The molecule has 0 saturated heterocycles. The van der Waals surface area contributed by atoms with Crippen molar-refractivity contribution in [3.05, 3.63) is 29.8 Å². The fraction of sp³-hybridized carbons (Fsp3) is 0.652. The van der Waals surface area contributed by atoms with Crippen LogP contribution in [0.2, 0.25) is 13.3 Å². The van der Waals surface area contributed by atoms with E-state index in [-0.39, 0.29) is 3.93 Å². The van der Waals surface area contributed by atoms with Crippen LogP contribution in [-0.2, 0) is 0 Å². The number of rotatable bonds is 12. The van der Waals surface area contributed by atoms with Gasteiger partial charge >= 0.3 is 174 Å². The summed E-state index contributed by atoms with van der Waals surface area (Å²) in [5.74, 6) is 5.14. The second-order valence-electron chi connectivity index (χ2n) is 7.65. The molecule has 1 unspecified atom stereocenters. The number of hydrogen-bond donors (Lipinski definition) is 0. The number of alkyl halides is 3. The Hall–Kier alpha value is -0.831. The Morgan fingerprint density at radius 2 is 1.36 bits per heavy atom. The zero-order valence-electron chi connectivity index (χ0n) is 17.8. The second-order valence-corrected chi connectivity index (χ2v) is 21.4. The summed E-state index contributed by atoms with van der Waals surface area (Å²) in [4.78, 5) is 0. The minimum atomic E-state index is -4.44. The molecule has 0 aliphatic heterocycles. The van der Waals surface area contributed by atoms with E-state index in [0.717, 1.165) is 63.1 Å².